The summed E-state index contributed by atoms with van der Waals surface area (Å²) < 4.78 is 2.14. The van der Waals surface area contributed by atoms with E-state index in [2.05, 4.69) is 45.0 Å². The highest BCUT2D eigenvalue weighted by atomic mass is 35.5. The summed E-state index contributed by atoms with van der Waals surface area (Å²) in [6.45, 7) is 12.0. The molecule has 8 heteroatoms. The number of aromatic nitrogens is 2. The lowest BCUT2D eigenvalue weighted by Crippen LogP contribution is -2.48. The molecule has 1 unspecified atom stereocenters. The van der Waals surface area contributed by atoms with E-state index in [0.29, 0.717) is 11.9 Å². The number of para-hydroxylation sites is 2. The fourth-order valence-corrected chi connectivity index (χ4v) is 3.28. The summed E-state index contributed by atoms with van der Waals surface area (Å²) in [5.74, 6) is 1.15. The van der Waals surface area contributed by atoms with E-state index < -0.39 is 0 Å². The maximum Gasteiger partial charge on any atom is 0.229 e. The van der Waals surface area contributed by atoms with Crippen molar-refractivity contribution < 1.29 is 4.79 Å². The monoisotopic (exact) mass is 415 g/mol. The lowest BCUT2D eigenvalue weighted by atomic mass is 9.88. The molecular weight excluding hydrogens is 385 g/mol. The number of hydrogen-bond donors (Lipinski definition) is 2. The lowest BCUT2D eigenvalue weighted by molar-refractivity contribution is -0.121. The molecule has 6 nitrogen and oxygen atoms in total. The smallest absolute Gasteiger partial charge is 0.229 e. The van der Waals surface area contributed by atoms with Crippen molar-refractivity contribution in [2.24, 2.45) is 11.8 Å². The zero-order valence-electron chi connectivity index (χ0n) is 16.3. The highest BCUT2D eigenvalue weighted by Gasteiger charge is 2.29. The molecule has 1 saturated heterocycles. The number of likely N-dealkylation sites (N-methyl/N-ethyl adjacent to an activating group) is 1. The Kier molecular flexibility index (Phi) is 9.53. The summed E-state index contributed by atoms with van der Waals surface area (Å²) in [7, 11) is 0. The molecule has 2 aromatic rings. The topological polar surface area (TPSA) is 62.2 Å². The number of anilines is 1. The van der Waals surface area contributed by atoms with Crippen molar-refractivity contribution in [1.82, 2.24) is 19.8 Å². The van der Waals surface area contributed by atoms with E-state index >= 15 is 0 Å². The van der Waals surface area contributed by atoms with Crippen LogP contribution < -0.4 is 10.6 Å². The Morgan fingerprint density at radius 3 is 2.56 bits per heavy atom. The Morgan fingerprint density at radius 1 is 1.30 bits per heavy atom. The van der Waals surface area contributed by atoms with Gasteiger partial charge in [0, 0.05) is 19.0 Å². The van der Waals surface area contributed by atoms with Crippen LogP contribution in [0.4, 0.5) is 5.95 Å². The highest BCUT2D eigenvalue weighted by Crippen LogP contribution is 2.22. The summed E-state index contributed by atoms with van der Waals surface area (Å²) in [6.07, 6.45) is 0. The molecule has 1 fully saturated rings. The number of halogens is 2. The fourth-order valence-electron chi connectivity index (χ4n) is 3.28. The van der Waals surface area contributed by atoms with E-state index in [9.17, 15) is 4.79 Å². The predicted octanol–water partition coefficient (Wildman–Crippen LogP) is 3.02. The van der Waals surface area contributed by atoms with Gasteiger partial charge in [-0.1, -0.05) is 32.9 Å². The molecule has 1 atom stereocenters. The third-order valence-corrected chi connectivity index (χ3v) is 5.36. The number of carbonyl (C=O) groups is 1. The van der Waals surface area contributed by atoms with Crippen LogP contribution >= 0.6 is 24.8 Å². The molecule has 0 spiro atoms. The Bertz CT molecular complexity index is 728. The van der Waals surface area contributed by atoms with Gasteiger partial charge in [-0.2, -0.15) is 0 Å². The number of rotatable bonds is 8. The van der Waals surface area contributed by atoms with Gasteiger partial charge in [-0.05, 0) is 44.2 Å². The molecule has 0 radical (unpaired) electrons. The largest absolute Gasteiger partial charge is 0.316 e. The van der Waals surface area contributed by atoms with E-state index in [1.54, 1.807) is 0 Å². The Hall–Kier alpha value is -1.34. The molecule has 2 heterocycles. The Balaban J connectivity index is 0.00000182. The molecule has 1 aromatic heterocycles. The van der Waals surface area contributed by atoms with Gasteiger partial charge in [-0.25, -0.2) is 4.98 Å². The highest BCUT2D eigenvalue weighted by molar-refractivity contribution is 5.93. The lowest BCUT2D eigenvalue weighted by Gasteiger charge is -2.31. The number of amides is 1. The van der Waals surface area contributed by atoms with E-state index in [1.807, 2.05) is 25.1 Å². The first-order valence-electron chi connectivity index (χ1n) is 9.33. The van der Waals surface area contributed by atoms with Crippen LogP contribution in [0.15, 0.2) is 24.3 Å². The Labute approximate surface area is 173 Å². The van der Waals surface area contributed by atoms with Crippen molar-refractivity contribution in [3.63, 3.8) is 0 Å². The first kappa shape index (κ1) is 23.7. The molecule has 1 aromatic carbocycles. The molecule has 27 heavy (non-hydrogen) atoms. The maximum absolute atomic E-state index is 12.6. The number of fused-ring (bicyclic) bond motifs is 1. The number of carbonyl (C=O) groups excluding carboxylic acids is 1. The van der Waals surface area contributed by atoms with Crippen LogP contribution in [-0.4, -0.2) is 53.1 Å². The second-order valence-electron chi connectivity index (χ2n) is 6.80. The van der Waals surface area contributed by atoms with Crippen LogP contribution in [0.1, 0.15) is 20.8 Å². The summed E-state index contributed by atoms with van der Waals surface area (Å²) in [5, 5.41) is 6.31. The number of benzene rings is 1. The Morgan fingerprint density at radius 2 is 1.96 bits per heavy atom. The maximum atomic E-state index is 12.6. The third-order valence-electron chi connectivity index (χ3n) is 5.36. The van der Waals surface area contributed by atoms with Gasteiger partial charge in [0.1, 0.15) is 0 Å². The number of nitrogens with zero attached hydrogens (tertiary/aromatic N) is 3. The zero-order chi connectivity index (χ0) is 17.8. The second kappa shape index (κ2) is 10.9. The van der Waals surface area contributed by atoms with Crippen LogP contribution in [0, 0.1) is 11.8 Å². The first-order valence-corrected chi connectivity index (χ1v) is 9.33. The third kappa shape index (κ3) is 5.35. The van der Waals surface area contributed by atoms with Gasteiger partial charge in [-0.3, -0.25) is 10.1 Å². The zero-order valence-corrected chi connectivity index (χ0v) is 17.9. The quantitative estimate of drug-likeness (QED) is 0.695. The van der Waals surface area contributed by atoms with E-state index in [-0.39, 0.29) is 36.6 Å². The molecule has 0 saturated carbocycles. The van der Waals surface area contributed by atoms with Gasteiger partial charge in [0.15, 0.2) is 0 Å². The SMILES string of the molecule is CCN(CC)CCn1c(NC(=O)C(C)C2CNC2)nc2ccccc21.Cl.Cl. The minimum absolute atomic E-state index is 0. The van der Waals surface area contributed by atoms with Crippen molar-refractivity contribution >= 4 is 47.7 Å². The fraction of sp³-hybridized carbons (Fsp3) is 0.579. The minimum atomic E-state index is -0.00251. The van der Waals surface area contributed by atoms with Crippen molar-refractivity contribution in [1.29, 1.82) is 0 Å². The van der Waals surface area contributed by atoms with Gasteiger partial charge in [0.05, 0.1) is 11.0 Å². The van der Waals surface area contributed by atoms with Crippen molar-refractivity contribution in [2.75, 3.05) is 38.0 Å². The molecule has 1 aliphatic heterocycles. The summed E-state index contributed by atoms with van der Waals surface area (Å²) in [4.78, 5) is 19.7. The van der Waals surface area contributed by atoms with Crippen molar-refractivity contribution in [2.45, 2.75) is 27.3 Å². The van der Waals surface area contributed by atoms with Crippen LogP contribution in [0.25, 0.3) is 11.0 Å². The van der Waals surface area contributed by atoms with Crippen LogP contribution in [0.3, 0.4) is 0 Å². The second-order valence-corrected chi connectivity index (χ2v) is 6.80. The minimum Gasteiger partial charge on any atom is -0.316 e. The van der Waals surface area contributed by atoms with E-state index in [4.69, 9.17) is 0 Å². The van der Waals surface area contributed by atoms with E-state index in [1.165, 1.54) is 0 Å². The average molecular weight is 416 g/mol. The predicted molar refractivity (Wildman–Crippen MR) is 116 cm³/mol. The summed E-state index contributed by atoms with van der Waals surface area (Å²) in [5.41, 5.74) is 2.00. The molecule has 0 bridgehead atoms. The molecular formula is C19H31Cl2N5O. The summed E-state index contributed by atoms with van der Waals surface area (Å²) in [6, 6.07) is 8.07. The number of imidazole rings is 1. The first-order chi connectivity index (χ1) is 12.1. The van der Waals surface area contributed by atoms with Crippen LogP contribution in [0.2, 0.25) is 0 Å². The van der Waals surface area contributed by atoms with Gasteiger partial charge in [-0.15, -0.1) is 24.8 Å². The molecule has 152 valence electrons. The van der Waals surface area contributed by atoms with Gasteiger partial charge in [0.2, 0.25) is 11.9 Å². The molecule has 0 aliphatic carbocycles. The number of hydrogen-bond acceptors (Lipinski definition) is 4. The summed E-state index contributed by atoms with van der Waals surface area (Å²) >= 11 is 0. The number of nitrogens with one attached hydrogen (secondary N) is 2. The van der Waals surface area contributed by atoms with Crippen LogP contribution in [-0.2, 0) is 11.3 Å². The van der Waals surface area contributed by atoms with Crippen molar-refractivity contribution in [3.8, 4) is 0 Å². The van der Waals surface area contributed by atoms with Gasteiger partial charge in [0.25, 0.3) is 0 Å². The average Bonchev–Trinajstić information content (AvgIpc) is 2.91. The van der Waals surface area contributed by atoms with Crippen molar-refractivity contribution in [3.05, 3.63) is 24.3 Å². The molecule has 1 amide bonds. The van der Waals surface area contributed by atoms with Crippen LogP contribution in [0.5, 0.6) is 0 Å². The van der Waals surface area contributed by atoms with Gasteiger partial charge >= 0.3 is 0 Å². The molecule has 3 rings (SSSR count). The normalized spacial score (nSPS) is 15.0. The standard InChI is InChI=1S/C19H29N5O.2ClH/c1-4-23(5-2)10-11-24-17-9-7-6-8-16(17)21-19(24)22-18(25)14(3)15-12-20-13-15;;/h6-9,14-15,20H,4-5,10-13H2,1-3H3,(H,21,22,25);2*1H. The van der Waals surface area contributed by atoms with E-state index in [0.717, 1.165) is 50.3 Å². The molecule has 2 N–H and O–H groups in total. The van der Waals surface area contributed by atoms with Gasteiger partial charge < -0.3 is 14.8 Å². The molecule has 1 aliphatic rings.